The lowest BCUT2D eigenvalue weighted by Gasteiger charge is -2.37. The summed E-state index contributed by atoms with van der Waals surface area (Å²) in [5.41, 5.74) is 1.19. The van der Waals surface area contributed by atoms with Gasteiger partial charge in [0.05, 0.1) is 18.1 Å². The molecule has 1 aliphatic carbocycles. The lowest BCUT2D eigenvalue weighted by Crippen LogP contribution is -2.42. The number of carbonyl (C=O) groups is 1. The van der Waals surface area contributed by atoms with Gasteiger partial charge in [-0.15, -0.1) is 0 Å². The van der Waals surface area contributed by atoms with E-state index in [1.165, 1.54) is 12.1 Å². The summed E-state index contributed by atoms with van der Waals surface area (Å²) in [5.74, 6) is -0.272. The molecule has 4 heteroatoms. The predicted octanol–water partition coefficient (Wildman–Crippen LogP) is 2.97. The second-order valence-corrected chi connectivity index (χ2v) is 6.46. The van der Waals surface area contributed by atoms with Gasteiger partial charge >= 0.3 is 0 Å². The molecule has 0 bridgehead atoms. The molecule has 1 saturated carbocycles. The molecule has 1 aliphatic heterocycles. The molecule has 0 unspecified atom stereocenters. The van der Waals surface area contributed by atoms with Crippen LogP contribution in [-0.2, 0) is 11.2 Å². The van der Waals surface area contributed by atoms with Gasteiger partial charge in [0.15, 0.2) is 0 Å². The quantitative estimate of drug-likeness (QED) is 0.910. The van der Waals surface area contributed by atoms with Crippen LogP contribution in [-0.4, -0.2) is 28.1 Å². The molecule has 1 fully saturated rings. The summed E-state index contributed by atoms with van der Waals surface area (Å²) in [6.45, 7) is 2.59. The van der Waals surface area contributed by atoms with E-state index in [4.69, 9.17) is 0 Å². The second kappa shape index (κ2) is 5.41. The average molecular weight is 291 g/mol. The van der Waals surface area contributed by atoms with Gasteiger partial charge in [0.25, 0.3) is 0 Å². The Morgan fingerprint density at radius 1 is 1.43 bits per heavy atom. The highest BCUT2D eigenvalue weighted by atomic mass is 19.1. The Morgan fingerprint density at radius 2 is 2.14 bits per heavy atom. The number of hydrogen-bond donors (Lipinski definition) is 1. The van der Waals surface area contributed by atoms with E-state index in [-0.39, 0.29) is 24.2 Å². The lowest BCUT2D eigenvalue weighted by molar-refractivity contribution is -0.138. The number of hydrogen-bond acceptors (Lipinski definition) is 2. The van der Waals surface area contributed by atoms with Crippen molar-refractivity contribution in [1.29, 1.82) is 0 Å². The molecule has 1 aromatic rings. The van der Waals surface area contributed by atoms with E-state index >= 15 is 0 Å². The number of nitrogens with zero attached hydrogens (tertiary/aromatic N) is 1. The Kier molecular flexibility index (Phi) is 3.74. The minimum Gasteiger partial charge on any atom is -0.389 e. The first-order valence-electron chi connectivity index (χ1n) is 7.79. The van der Waals surface area contributed by atoms with E-state index < -0.39 is 5.60 Å². The third-order valence-corrected chi connectivity index (χ3v) is 4.98. The van der Waals surface area contributed by atoms with Crippen LogP contribution in [0, 0.1) is 5.82 Å². The molecule has 1 N–H and O–H groups in total. The van der Waals surface area contributed by atoms with Crippen LogP contribution in [0.3, 0.4) is 0 Å². The van der Waals surface area contributed by atoms with Gasteiger partial charge in [-0.3, -0.25) is 4.79 Å². The largest absolute Gasteiger partial charge is 0.389 e. The lowest BCUT2D eigenvalue weighted by atomic mass is 9.91. The maximum atomic E-state index is 13.4. The maximum absolute atomic E-state index is 13.4. The molecule has 3 rings (SSSR count). The molecule has 1 atom stereocenters. The van der Waals surface area contributed by atoms with Gasteiger partial charge in [-0.1, -0.05) is 18.9 Å². The van der Waals surface area contributed by atoms with Crippen LogP contribution in [0.4, 0.5) is 4.39 Å². The highest BCUT2D eigenvalue weighted by Gasteiger charge is 2.37. The summed E-state index contributed by atoms with van der Waals surface area (Å²) in [7, 11) is 0. The van der Waals surface area contributed by atoms with Crippen molar-refractivity contribution in [3.63, 3.8) is 0 Å². The van der Waals surface area contributed by atoms with Gasteiger partial charge in [-0.2, -0.15) is 0 Å². The number of fused-ring (bicyclic) bond motifs is 1. The van der Waals surface area contributed by atoms with Gasteiger partial charge in [-0.05, 0) is 49.4 Å². The zero-order valence-electron chi connectivity index (χ0n) is 12.4. The minimum absolute atomic E-state index is 0.0122. The Bertz CT molecular complexity index is 552. The van der Waals surface area contributed by atoms with E-state index in [1.54, 1.807) is 4.90 Å². The Balaban J connectivity index is 1.76. The summed E-state index contributed by atoms with van der Waals surface area (Å²) in [4.78, 5) is 14.3. The van der Waals surface area contributed by atoms with E-state index in [0.717, 1.165) is 30.4 Å². The molecule has 114 valence electrons. The van der Waals surface area contributed by atoms with Crippen molar-refractivity contribution in [2.45, 2.75) is 57.1 Å². The number of amides is 1. The van der Waals surface area contributed by atoms with Crippen molar-refractivity contribution in [2.75, 3.05) is 6.54 Å². The van der Waals surface area contributed by atoms with Crippen LogP contribution in [0.1, 0.15) is 56.2 Å². The third-order valence-electron chi connectivity index (χ3n) is 4.98. The Labute approximate surface area is 124 Å². The molecule has 21 heavy (non-hydrogen) atoms. The monoisotopic (exact) mass is 291 g/mol. The maximum Gasteiger partial charge on any atom is 0.225 e. The van der Waals surface area contributed by atoms with Crippen LogP contribution in [0.25, 0.3) is 0 Å². The molecular weight excluding hydrogens is 269 g/mol. The second-order valence-electron chi connectivity index (χ2n) is 6.46. The van der Waals surface area contributed by atoms with Gasteiger partial charge in [0, 0.05) is 6.54 Å². The van der Waals surface area contributed by atoms with Gasteiger partial charge < -0.3 is 10.0 Å². The van der Waals surface area contributed by atoms with E-state index in [1.807, 2.05) is 13.0 Å². The van der Waals surface area contributed by atoms with Gasteiger partial charge in [0.2, 0.25) is 5.91 Å². The molecule has 0 aromatic heterocycles. The molecule has 0 spiro atoms. The van der Waals surface area contributed by atoms with E-state index in [2.05, 4.69) is 0 Å². The average Bonchev–Trinajstić information content (AvgIpc) is 2.86. The summed E-state index contributed by atoms with van der Waals surface area (Å²) in [5, 5.41) is 10.4. The number of benzene rings is 1. The van der Waals surface area contributed by atoms with Crippen molar-refractivity contribution in [2.24, 2.45) is 0 Å². The van der Waals surface area contributed by atoms with Gasteiger partial charge in [0.1, 0.15) is 5.82 Å². The standard InChI is InChI=1S/C17H22FNO2/c1-12-15-10-14(18)5-4-13(15)6-9-19(12)16(20)11-17(21)7-2-3-8-17/h4-5,10,12,21H,2-3,6-9,11H2,1H3/t12-/m1/s1. The van der Waals surface area contributed by atoms with Crippen molar-refractivity contribution in [3.8, 4) is 0 Å². The van der Waals surface area contributed by atoms with Crippen LogP contribution in [0.5, 0.6) is 0 Å². The fraction of sp³-hybridized carbons (Fsp3) is 0.588. The number of carbonyl (C=O) groups excluding carboxylic acids is 1. The Morgan fingerprint density at radius 3 is 2.86 bits per heavy atom. The van der Waals surface area contributed by atoms with Crippen LogP contribution < -0.4 is 0 Å². The number of rotatable bonds is 2. The molecule has 1 amide bonds. The first-order chi connectivity index (χ1) is 9.98. The normalized spacial score (nSPS) is 24.0. The topological polar surface area (TPSA) is 40.5 Å². The SMILES string of the molecule is C[C@@H]1c2cc(F)ccc2CCN1C(=O)CC1(O)CCCC1. The zero-order chi connectivity index (χ0) is 15.0. The fourth-order valence-electron chi connectivity index (χ4n) is 3.72. The summed E-state index contributed by atoms with van der Waals surface area (Å²) in [6.07, 6.45) is 4.37. The minimum atomic E-state index is -0.820. The molecule has 2 aliphatic rings. The molecule has 0 radical (unpaired) electrons. The number of aliphatic hydroxyl groups is 1. The fourth-order valence-corrected chi connectivity index (χ4v) is 3.72. The molecule has 1 heterocycles. The summed E-state index contributed by atoms with van der Waals surface area (Å²) in [6, 6.07) is 4.70. The predicted molar refractivity (Wildman–Crippen MR) is 78.3 cm³/mol. The van der Waals surface area contributed by atoms with Crippen molar-refractivity contribution in [3.05, 3.63) is 35.1 Å². The van der Waals surface area contributed by atoms with Crippen LogP contribution in [0.2, 0.25) is 0 Å². The number of halogens is 1. The summed E-state index contributed by atoms with van der Waals surface area (Å²) >= 11 is 0. The Hall–Kier alpha value is -1.42. The van der Waals surface area contributed by atoms with E-state index in [0.29, 0.717) is 19.4 Å². The zero-order valence-corrected chi connectivity index (χ0v) is 12.4. The van der Waals surface area contributed by atoms with Crippen LogP contribution >= 0.6 is 0 Å². The third kappa shape index (κ3) is 2.82. The van der Waals surface area contributed by atoms with Crippen molar-refractivity contribution in [1.82, 2.24) is 4.90 Å². The van der Waals surface area contributed by atoms with Crippen molar-refractivity contribution >= 4 is 5.91 Å². The van der Waals surface area contributed by atoms with Crippen molar-refractivity contribution < 1.29 is 14.3 Å². The highest BCUT2D eigenvalue weighted by molar-refractivity contribution is 5.78. The van der Waals surface area contributed by atoms with Gasteiger partial charge in [-0.25, -0.2) is 4.39 Å². The molecular formula is C17H22FNO2. The first-order valence-corrected chi connectivity index (χ1v) is 7.79. The smallest absolute Gasteiger partial charge is 0.225 e. The molecule has 3 nitrogen and oxygen atoms in total. The highest BCUT2D eigenvalue weighted by Crippen LogP contribution is 2.35. The molecule has 0 saturated heterocycles. The first kappa shape index (κ1) is 14.5. The summed E-state index contributed by atoms with van der Waals surface area (Å²) < 4.78 is 13.4. The van der Waals surface area contributed by atoms with Crippen LogP contribution in [0.15, 0.2) is 18.2 Å². The van der Waals surface area contributed by atoms with E-state index in [9.17, 15) is 14.3 Å². The molecule has 1 aromatic carbocycles.